The molecule has 2 N–H and O–H groups in total. The molecular weight excluding hydrogens is 260 g/mol. The molecule has 0 unspecified atom stereocenters. The number of likely N-dealkylation sites (tertiary alicyclic amines) is 1. The van der Waals surface area contributed by atoms with E-state index in [2.05, 4.69) is 12.0 Å². The van der Waals surface area contributed by atoms with Crippen molar-refractivity contribution in [3.8, 4) is 0 Å². The quantitative estimate of drug-likeness (QED) is 0.828. The number of carbonyl (C=O) groups excluding carboxylic acids is 1. The van der Waals surface area contributed by atoms with Crippen LogP contribution in [-0.2, 0) is 7.05 Å². The van der Waals surface area contributed by atoms with Gasteiger partial charge in [0.05, 0.1) is 16.7 Å². The van der Waals surface area contributed by atoms with E-state index in [0.29, 0.717) is 23.6 Å². The van der Waals surface area contributed by atoms with E-state index in [0.717, 1.165) is 18.5 Å². The van der Waals surface area contributed by atoms with Gasteiger partial charge in [-0.05, 0) is 19.8 Å². The second-order valence-corrected chi connectivity index (χ2v) is 5.92. The van der Waals surface area contributed by atoms with Crippen molar-refractivity contribution in [3.05, 3.63) is 17.5 Å². The summed E-state index contributed by atoms with van der Waals surface area (Å²) in [5.41, 5.74) is 7.24. The van der Waals surface area contributed by atoms with Crippen LogP contribution in [0.4, 0.5) is 0 Å². The van der Waals surface area contributed by atoms with E-state index in [4.69, 9.17) is 18.0 Å². The van der Waals surface area contributed by atoms with Crippen molar-refractivity contribution in [2.24, 2.45) is 18.2 Å². The Morgan fingerprint density at radius 3 is 2.47 bits per heavy atom. The molecule has 0 atom stereocenters. The summed E-state index contributed by atoms with van der Waals surface area (Å²) < 4.78 is 1.72. The third kappa shape index (κ3) is 2.49. The lowest BCUT2D eigenvalue weighted by Crippen LogP contribution is -2.46. The molecule has 0 radical (unpaired) electrons. The Balaban J connectivity index is 2.08. The van der Waals surface area contributed by atoms with Gasteiger partial charge in [0.15, 0.2) is 0 Å². The van der Waals surface area contributed by atoms with E-state index in [1.807, 2.05) is 18.9 Å². The Labute approximate surface area is 118 Å². The van der Waals surface area contributed by atoms with Gasteiger partial charge in [0.1, 0.15) is 0 Å². The van der Waals surface area contributed by atoms with Crippen molar-refractivity contribution in [2.45, 2.75) is 26.7 Å². The number of piperidine rings is 1. The number of thiocarbonyl (C=S) groups is 1. The van der Waals surface area contributed by atoms with Crippen molar-refractivity contribution in [2.75, 3.05) is 13.1 Å². The van der Waals surface area contributed by atoms with Gasteiger partial charge in [-0.3, -0.25) is 9.48 Å². The van der Waals surface area contributed by atoms with Crippen LogP contribution < -0.4 is 5.73 Å². The molecule has 1 fully saturated rings. The highest BCUT2D eigenvalue weighted by atomic mass is 32.1. The van der Waals surface area contributed by atoms with Crippen molar-refractivity contribution in [1.29, 1.82) is 0 Å². The van der Waals surface area contributed by atoms with Crippen LogP contribution in [0.3, 0.4) is 0 Å². The van der Waals surface area contributed by atoms with Crippen LogP contribution in [-0.4, -0.2) is 38.7 Å². The van der Waals surface area contributed by atoms with Gasteiger partial charge in [0.2, 0.25) is 0 Å². The minimum Gasteiger partial charge on any atom is -0.393 e. The molecule has 1 aromatic rings. The van der Waals surface area contributed by atoms with Crippen LogP contribution in [0.15, 0.2) is 6.20 Å². The second-order valence-electron chi connectivity index (χ2n) is 5.48. The monoisotopic (exact) mass is 280 g/mol. The molecule has 104 valence electrons. The van der Waals surface area contributed by atoms with Crippen molar-refractivity contribution >= 4 is 23.1 Å². The number of nitrogens with two attached hydrogens (primary N) is 1. The molecule has 6 heteroatoms. The van der Waals surface area contributed by atoms with Gasteiger partial charge < -0.3 is 10.6 Å². The number of rotatable bonds is 2. The Hall–Kier alpha value is -1.43. The fraction of sp³-hybridized carbons (Fsp3) is 0.615. The van der Waals surface area contributed by atoms with Gasteiger partial charge in [0, 0.05) is 31.2 Å². The zero-order valence-corrected chi connectivity index (χ0v) is 12.5. The molecule has 2 rings (SSSR count). The topological polar surface area (TPSA) is 64.2 Å². The summed E-state index contributed by atoms with van der Waals surface area (Å²) >= 11 is 5.11. The summed E-state index contributed by atoms with van der Waals surface area (Å²) in [6.07, 6.45) is 3.29. The third-order valence-electron chi connectivity index (χ3n) is 4.21. The molecule has 1 amide bonds. The standard InChI is InChI=1S/C13H20N4OS/c1-9-10(8-15-16(9)3)11(18)17-6-4-13(2,5-7-17)12(14)19/h8H,4-7H2,1-3H3,(H2,14,19). The van der Waals surface area contributed by atoms with Gasteiger partial charge in [-0.15, -0.1) is 0 Å². The van der Waals surface area contributed by atoms with E-state index in [1.54, 1.807) is 10.9 Å². The second kappa shape index (κ2) is 4.92. The average Bonchev–Trinajstić information content (AvgIpc) is 2.70. The van der Waals surface area contributed by atoms with Gasteiger partial charge in [0.25, 0.3) is 5.91 Å². The number of aryl methyl sites for hydroxylation is 1. The number of aromatic nitrogens is 2. The Bertz CT molecular complexity index is 515. The number of hydrogen-bond donors (Lipinski definition) is 1. The highest BCUT2D eigenvalue weighted by Gasteiger charge is 2.34. The van der Waals surface area contributed by atoms with Gasteiger partial charge in [-0.1, -0.05) is 19.1 Å². The largest absolute Gasteiger partial charge is 0.393 e. The first-order valence-electron chi connectivity index (χ1n) is 6.43. The lowest BCUT2D eigenvalue weighted by atomic mass is 9.80. The van der Waals surface area contributed by atoms with E-state index in [9.17, 15) is 4.79 Å². The molecule has 1 aliphatic rings. The summed E-state index contributed by atoms with van der Waals surface area (Å²) in [6, 6.07) is 0. The zero-order chi connectivity index (χ0) is 14.2. The predicted octanol–water partition coefficient (Wildman–Crippen LogP) is 1.26. The highest BCUT2D eigenvalue weighted by molar-refractivity contribution is 7.80. The van der Waals surface area contributed by atoms with Crippen LogP contribution in [0.5, 0.6) is 0 Å². The SMILES string of the molecule is Cc1c(C(=O)N2CCC(C)(C(N)=S)CC2)cnn1C. The fourth-order valence-electron chi connectivity index (χ4n) is 2.33. The molecule has 1 aromatic heterocycles. The summed E-state index contributed by atoms with van der Waals surface area (Å²) in [7, 11) is 1.84. The predicted molar refractivity (Wildman–Crippen MR) is 78.0 cm³/mol. The fourth-order valence-corrected chi connectivity index (χ4v) is 2.53. The first-order chi connectivity index (χ1) is 8.85. The Morgan fingerprint density at radius 2 is 2.05 bits per heavy atom. The van der Waals surface area contributed by atoms with Crippen LogP contribution >= 0.6 is 12.2 Å². The van der Waals surface area contributed by atoms with Gasteiger partial charge in [-0.2, -0.15) is 5.10 Å². The number of nitrogens with zero attached hydrogens (tertiary/aromatic N) is 3. The number of hydrogen-bond acceptors (Lipinski definition) is 3. The lowest BCUT2D eigenvalue weighted by molar-refractivity contribution is 0.0669. The third-order valence-corrected chi connectivity index (χ3v) is 4.71. The molecule has 0 saturated carbocycles. The van der Waals surface area contributed by atoms with Crippen LogP contribution in [0.2, 0.25) is 0 Å². The molecule has 1 saturated heterocycles. The van der Waals surface area contributed by atoms with E-state index in [1.165, 1.54) is 0 Å². The van der Waals surface area contributed by atoms with E-state index in [-0.39, 0.29) is 11.3 Å². The molecule has 0 aliphatic carbocycles. The van der Waals surface area contributed by atoms with Crippen LogP contribution in [0.1, 0.15) is 35.8 Å². The minimum absolute atomic E-state index is 0.0515. The molecule has 5 nitrogen and oxygen atoms in total. The first-order valence-corrected chi connectivity index (χ1v) is 6.84. The van der Waals surface area contributed by atoms with Gasteiger partial charge in [-0.25, -0.2) is 0 Å². The smallest absolute Gasteiger partial charge is 0.257 e. The summed E-state index contributed by atoms with van der Waals surface area (Å²) in [5, 5.41) is 4.12. The normalized spacial score (nSPS) is 18.4. The highest BCUT2D eigenvalue weighted by Crippen LogP contribution is 2.31. The van der Waals surface area contributed by atoms with Crippen molar-refractivity contribution in [1.82, 2.24) is 14.7 Å². The molecule has 0 aromatic carbocycles. The van der Waals surface area contributed by atoms with Crippen molar-refractivity contribution < 1.29 is 4.79 Å². The minimum atomic E-state index is -0.115. The lowest BCUT2D eigenvalue weighted by Gasteiger charge is -2.38. The van der Waals surface area contributed by atoms with Crippen molar-refractivity contribution in [3.63, 3.8) is 0 Å². The summed E-state index contributed by atoms with van der Waals surface area (Å²) in [5.74, 6) is 0.0515. The number of carbonyl (C=O) groups is 1. The maximum Gasteiger partial charge on any atom is 0.257 e. The average molecular weight is 280 g/mol. The maximum absolute atomic E-state index is 12.4. The van der Waals surface area contributed by atoms with Crippen LogP contribution in [0, 0.1) is 12.3 Å². The van der Waals surface area contributed by atoms with Crippen LogP contribution in [0.25, 0.3) is 0 Å². The molecular formula is C13H20N4OS. The summed E-state index contributed by atoms with van der Waals surface area (Å²) in [6.45, 7) is 5.37. The Morgan fingerprint density at radius 1 is 1.47 bits per heavy atom. The van der Waals surface area contributed by atoms with E-state index < -0.39 is 0 Å². The molecule has 2 heterocycles. The van der Waals surface area contributed by atoms with E-state index >= 15 is 0 Å². The molecule has 19 heavy (non-hydrogen) atoms. The maximum atomic E-state index is 12.4. The zero-order valence-electron chi connectivity index (χ0n) is 11.6. The molecule has 0 bridgehead atoms. The summed E-state index contributed by atoms with van der Waals surface area (Å²) in [4.78, 5) is 14.8. The number of amides is 1. The molecule has 0 spiro atoms. The first kappa shape index (κ1) is 14.0. The molecule has 1 aliphatic heterocycles. The Kier molecular flexibility index (Phi) is 3.62. The van der Waals surface area contributed by atoms with Gasteiger partial charge >= 0.3 is 0 Å².